The Morgan fingerprint density at radius 1 is 1.16 bits per heavy atom. The number of anilines is 1. The van der Waals surface area contributed by atoms with Gasteiger partial charge < -0.3 is 10.0 Å². The molecule has 0 aromatic heterocycles. The van der Waals surface area contributed by atoms with Gasteiger partial charge >= 0.3 is 12.2 Å². The first kappa shape index (κ1) is 27.1. The minimum absolute atomic E-state index is 0.0229. The van der Waals surface area contributed by atoms with E-state index in [0.29, 0.717) is 23.2 Å². The highest BCUT2D eigenvalue weighted by atomic mass is 19.4. The Morgan fingerprint density at radius 3 is 2.50 bits per heavy atom. The minimum Gasteiger partial charge on any atom is -0.396 e. The van der Waals surface area contributed by atoms with Crippen LogP contribution in [-0.2, 0) is 15.8 Å². The van der Waals surface area contributed by atoms with Crippen LogP contribution in [0.25, 0.3) is 0 Å². The molecule has 2 atom stereocenters. The second-order valence-corrected chi connectivity index (χ2v) is 9.32. The number of carbonyl (C=O) groups is 3. The van der Waals surface area contributed by atoms with Gasteiger partial charge in [-0.15, -0.1) is 0 Å². The van der Waals surface area contributed by atoms with E-state index in [0.717, 1.165) is 17.0 Å². The van der Waals surface area contributed by atoms with Gasteiger partial charge in [-0.3, -0.25) is 14.5 Å². The lowest BCUT2D eigenvalue weighted by molar-refractivity contribution is -0.137. The van der Waals surface area contributed by atoms with Crippen LogP contribution in [0.1, 0.15) is 61.8 Å². The zero-order valence-electron chi connectivity index (χ0n) is 20.7. The van der Waals surface area contributed by atoms with E-state index in [1.807, 2.05) is 6.07 Å². The Morgan fingerprint density at radius 2 is 1.87 bits per heavy atom. The minimum atomic E-state index is -4.65. The molecular weight excluding hydrogens is 499 g/mol. The number of amides is 2. The second-order valence-electron chi connectivity index (χ2n) is 9.32. The van der Waals surface area contributed by atoms with Crippen LogP contribution in [0, 0.1) is 11.3 Å². The monoisotopic (exact) mass is 525 g/mol. The third-order valence-corrected chi connectivity index (χ3v) is 6.91. The summed E-state index contributed by atoms with van der Waals surface area (Å²) in [5, 5.41) is 18.4. The van der Waals surface area contributed by atoms with Crippen LogP contribution in [0.15, 0.2) is 59.8 Å². The molecule has 0 radical (unpaired) electrons. The van der Waals surface area contributed by atoms with E-state index >= 15 is 0 Å². The number of hydrogen-bond acceptors (Lipinski definition) is 5. The van der Waals surface area contributed by atoms with Crippen LogP contribution in [0.2, 0.25) is 0 Å². The van der Waals surface area contributed by atoms with Gasteiger partial charge in [0.05, 0.1) is 35.0 Å². The van der Waals surface area contributed by atoms with Crippen molar-refractivity contribution >= 4 is 23.3 Å². The van der Waals surface area contributed by atoms with Gasteiger partial charge in [0.15, 0.2) is 11.6 Å². The molecule has 10 heteroatoms. The molecule has 0 bridgehead atoms. The number of ketones is 2. The van der Waals surface area contributed by atoms with E-state index in [1.165, 1.54) is 24.0 Å². The first-order valence-electron chi connectivity index (χ1n) is 12.3. The van der Waals surface area contributed by atoms with Crippen molar-refractivity contribution in [2.45, 2.75) is 57.3 Å². The molecule has 2 unspecified atom stereocenters. The number of alkyl halides is 3. The molecule has 0 spiro atoms. The van der Waals surface area contributed by atoms with Crippen LogP contribution >= 0.6 is 0 Å². The van der Waals surface area contributed by atoms with Gasteiger partial charge in [-0.05, 0) is 62.1 Å². The maximum atomic E-state index is 14.1. The summed E-state index contributed by atoms with van der Waals surface area (Å²) in [5.74, 6) is -0.618. The molecule has 1 aliphatic carbocycles. The maximum absolute atomic E-state index is 14.1. The average Bonchev–Trinajstić information content (AvgIpc) is 2.90. The van der Waals surface area contributed by atoms with Gasteiger partial charge in [0.1, 0.15) is 0 Å². The average molecular weight is 526 g/mol. The van der Waals surface area contributed by atoms with Crippen molar-refractivity contribution in [3.8, 4) is 6.07 Å². The molecule has 0 saturated carbocycles. The van der Waals surface area contributed by atoms with Crippen molar-refractivity contribution in [1.29, 1.82) is 5.26 Å². The van der Waals surface area contributed by atoms with Crippen molar-refractivity contribution < 1.29 is 32.7 Å². The highest BCUT2D eigenvalue weighted by molar-refractivity contribution is 6.07. The van der Waals surface area contributed by atoms with Gasteiger partial charge in [0, 0.05) is 30.7 Å². The number of halogens is 3. The van der Waals surface area contributed by atoms with Crippen molar-refractivity contribution in [1.82, 2.24) is 4.90 Å². The quantitative estimate of drug-likeness (QED) is 0.529. The standard InChI is InChI=1S/C28H26F3N3O4/c1-17(23(36)9-4-14-35)33-26(19-12-10-18(16-32)11-13-19)25-22(7-3-8-24(25)37)34(27(33)38)21-6-2-5-20(15-21)28(29,30)31/h2,5-6,10-13,15,17,26,35H,3-4,7-9,14H2,1H3. The first-order chi connectivity index (χ1) is 18.1. The fourth-order valence-corrected chi connectivity index (χ4v) is 5.03. The van der Waals surface area contributed by atoms with Crippen LogP contribution < -0.4 is 4.90 Å². The molecule has 2 aromatic rings. The van der Waals surface area contributed by atoms with Crippen LogP contribution in [0.4, 0.5) is 23.7 Å². The number of rotatable bonds is 7. The molecule has 1 N–H and O–H groups in total. The number of urea groups is 1. The summed E-state index contributed by atoms with van der Waals surface area (Å²) in [6.07, 6.45) is -3.59. The molecule has 38 heavy (non-hydrogen) atoms. The van der Waals surface area contributed by atoms with E-state index in [1.54, 1.807) is 24.3 Å². The molecule has 2 amide bonds. The third-order valence-electron chi connectivity index (χ3n) is 6.91. The number of Topliss-reactive ketones (excluding diaryl/α,β-unsaturated/α-hetero) is 2. The number of aliphatic hydroxyl groups is 1. The van der Waals surface area contributed by atoms with Gasteiger partial charge in [-0.2, -0.15) is 18.4 Å². The highest BCUT2D eigenvalue weighted by Crippen LogP contribution is 2.45. The normalized spacial score (nSPS) is 18.8. The number of aliphatic hydroxyl groups excluding tert-OH is 1. The smallest absolute Gasteiger partial charge is 0.396 e. The van der Waals surface area contributed by atoms with Crippen molar-refractivity contribution in [3.05, 3.63) is 76.5 Å². The number of nitrogens with zero attached hydrogens (tertiary/aromatic N) is 3. The molecule has 1 heterocycles. The van der Waals surface area contributed by atoms with E-state index in [9.17, 15) is 37.9 Å². The Labute approximate surface area is 217 Å². The highest BCUT2D eigenvalue weighted by Gasteiger charge is 2.47. The van der Waals surface area contributed by atoms with E-state index < -0.39 is 29.9 Å². The molecule has 2 aromatic carbocycles. The predicted octanol–water partition coefficient (Wildman–Crippen LogP) is 5.30. The largest absolute Gasteiger partial charge is 0.416 e. The number of nitriles is 1. The number of allylic oxidation sites excluding steroid dienone is 1. The summed E-state index contributed by atoms with van der Waals surface area (Å²) in [7, 11) is 0. The van der Waals surface area contributed by atoms with Gasteiger partial charge in [-0.1, -0.05) is 18.2 Å². The number of carbonyl (C=O) groups excluding carboxylic acids is 3. The summed E-state index contributed by atoms with van der Waals surface area (Å²) in [6.45, 7) is 1.28. The molecule has 0 fully saturated rings. The Bertz CT molecular complexity index is 1330. The molecule has 0 saturated heterocycles. The zero-order chi connectivity index (χ0) is 27.6. The van der Waals surface area contributed by atoms with Gasteiger partial charge in [0.25, 0.3) is 0 Å². The Balaban J connectivity index is 1.94. The zero-order valence-corrected chi connectivity index (χ0v) is 20.7. The topological polar surface area (TPSA) is 102 Å². The summed E-state index contributed by atoms with van der Waals surface area (Å²) in [5.41, 5.74) is 0.436. The molecule has 2 aliphatic rings. The van der Waals surface area contributed by atoms with E-state index in [-0.39, 0.29) is 55.1 Å². The maximum Gasteiger partial charge on any atom is 0.416 e. The van der Waals surface area contributed by atoms with Gasteiger partial charge in [0.2, 0.25) is 0 Å². The van der Waals surface area contributed by atoms with Crippen LogP contribution in [0.3, 0.4) is 0 Å². The third kappa shape index (κ3) is 5.07. The van der Waals surface area contributed by atoms with Crippen LogP contribution in [-0.4, -0.2) is 40.3 Å². The Hall–Kier alpha value is -3.97. The van der Waals surface area contributed by atoms with Crippen molar-refractivity contribution in [2.24, 2.45) is 0 Å². The Kier molecular flexibility index (Phi) is 7.69. The molecule has 7 nitrogen and oxygen atoms in total. The first-order valence-corrected chi connectivity index (χ1v) is 12.3. The van der Waals surface area contributed by atoms with Crippen molar-refractivity contribution in [2.75, 3.05) is 11.5 Å². The molecule has 4 rings (SSSR count). The summed E-state index contributed by atoms with van der Waals surface area (Å²) in [4.78, 5) is 43.0. The lowest BCUT2D eigenvalue weighted by Gasteiger charge is -2.47. The summed E-state index contributed by atoms with van der Waals surface area (Å²) in [6, 6.07) is 9.92. The SMILES string of the molecule is CC(C(=O)CCCO)N1C(=O)N(c2cccc(C(F)(F)F)c2)C2=C(C(=O)CCC2)C1c1ccc(C#N)cc1. The summed E-state index contributed by atoms with van der Waals surface area (Å²) >= 11 is 0. The van der Waals surface area contributed by atoms with Crippen molar-refractivity contribution in [3.63, 3.8) is 0 Å². The van der Waals surface area contributed by atoms with Gasteiger partial charge in [-0.25, -0.2) is 4.79 Å². The van der Waals surface area contributed by atoms with Crippen LogP contribution in [0.5, 0.6) is 0 Å². The predicted molar refractivity (Wildman–Crippen MR) is 132 cm³/mol. The fourth-order valence-electron chi connectivity index (χ4n) is 5.03. The lowest BCUT2D eigenvalue weighted by Crippen LogP contribution is -2.56. The number of benzene rings is 2. The van der Waals surface area contributed by atoms with E-state index in [2.05, 4.69) is 0 Å². The second kappa shape index (κ2) is 10.8. The molecular formula is C28H26F3N3O4. The summed E-state index contributed by atoms with van der Waals surface area (Å²) < 4.78 is 40.6. The fraction of sp³-hybridized carbons (Fsp3) is 0.357. The molecule has 198 valence electrons. The molecule has 1 aliphatic heterocycles. The number of hydrogen-bond donors (Lipinski definition) is 1. The lowest BCUT2D eigenvalue weighted by atomic mass is 9.82. The van der Waals surface area contributed by atoms with E-state index in [4.69, 9.17) is 0 Å².